The van der Waals surface area contributed by atoms with Crippen LogP contribution in [0.4, 0.5) is 5.69 Å². The number of aromatic nitrogens is 2. The van der Waals surface area contributed by atoms with Crippen LogP contribution in [0.2, 0.25) is 0 Å². The fourth-order valence-electron chi connectivity index (χ4n) is 1.39. The predicted octanol–water partition coefficient (Wildman–Crippen LogP) is 1.51. The van der Waals surface area contributed by atoms with E-state index in [2.05, 4.69) is 26.3 Å². The van der Waals surface area contributed by atoms with Crippen LogP contribution in [0.15, 0.2) is 15.5 Å². The van der Waals surface area contributed by atoms with Gasteiger partial charge in [-0.1, -0.05) is 13.8 Å². The molecule has 0 saturated carbocycles. The summed E-state index contributed by atoms with van der Waals surface area (Å²) in [6.07, 6.45) is 2.88. The first-order valence-electron chi connectivity index (χ1n) is 5.61. The van der Waals surface area contributed by atoms with Gasteiger partial charge in [-0.25, -0.2) is 4.68 Å². The van der Waals surface area contributed by atoms with E-state index in [9.17, 15) is 9.90 Å². The Morgan fingerprint density at radius 2 is 2.12 bits per heavy atom. The summed E-state index contributed by atoms with van der Waals surface area (Å²) >= 11 is 3.23. The van der Waals surface area contributed by atoms with E-state index in [1.54, 1.807) is 13.2 Å². The van der Waals surface area contributed by atoms with E-state index in [-0.39, 0.29) is 5.56 Å². The standard InChI is InChI=1S/C11H18BrN3O2/c1-4-11(17,5-2)7-13-8-6-14-15(3)10(16)9(8)12/h6,13,17H,4-5,7H2,1-3H3. The van der Waals surface area contributed by atoms with Gasteiger partial charge in [0.1, 0.15) is 4.47 Å². The zero-order valence-corrected chi connectivity index (χ0v) is 11.9. The van der Waals surface area contributed by atoms with Gasteiger partial charge in [0.15, 0.2) is 0 Å². The summed E-state index contributed by atoms with van der Waals surface area (Å²) in [5.74, 6) is 0. The Kier molecular flexibility index (Phi) is 4.70. The molecule has 5 nitrogen and oxygen atoms in total. The monoisotopic (exact) mass is 303 g/mol. The third kappa shape index (κ3) is 3.29. The van der Waals surface area contributed by atoms with Gasteiger partial charge in [-0.15, -0.1) is 0 Å². The number of hydrogen-bond acceptors (Lipinski definition) is 4. The molecule has 0 saturated heterocycles. The van der Waals surface area contributed by atoms with Crippen LogP contribution in [0.5, 0.6) is 0 Å². The Hall–Kier alpha value is -0.880. The zero-order valence-electron chi connectivity index (χ0n) is 10.3. The molecule has 0 unspecified atom stereocenters. The molecule has 0 spiro atoms. The molecule has 0 amide bonds. The second-order valence-electron chi connectivity index (χ2n) is 4.09. The van der Waals surface area contributed by atoms with Crippen molar-refractivity contribution in [3.63, 3.8) is 0 Å². The molecule has 0 aromatic carbocycles. The van der Waals surface area contributed by atoms with Crippen molar-refractivity contribution in [2.24, 2.45) is 7.05 Å². The number of anilines is 1. The molecular formula is C11H18BrN3O2. The maximum Gasteiger partial charge on any atom is 0.282 e. The first kappa shape index (κ1) is 14.2. The molecule has 0 atom stereocenters. The molecular weight excluding hydrogens is 286 g/mol. The molecule has 0 aliphatic carbocycles. The molecule has 0 bridgehead atoms. The van der Waals surface area contributed by atoms with Crippen LogP contribution < -0.4 is 10.9 Å². The minimum atomic E-state index is -0.749. The third-order valence-corrected chi connectivity index (χ3v) is 3.77. The van der Waals surface area contributed by atoms with Crippen molar-refractivity contribution in [3.05, 3.63) is 21.0 Å². The van der Waals surface area contributed by atoms with Crippen molar-refractivity contribution in [2.75, 3.05) is 11.9 Å². The van der Waals surface area contributed by atoms with E-state index in [1.807, 2.05) is 13.8 Å². The van der Waals surface area contributed by atoms with E-state index in [0.29, 0.717) is 29.5 Å². The van der Waals surface area contributed by atoms with Gasteiger partial charge in [0.2, 0.25) is 0 Å². The average Bonchev–Trinajstić information content (AvgIpc) is 2.35. The highest BCUT2D eigenvalue weighted by Gasteiger charge is 2.22. The highest BCUT2D eigenvalue weighted by atomic mass is 79.9. The van der Waals surface area contributed by atoms with Gasteiger partial charge >= 0.3 is 0 Å². The SMILES string of the molecule is CCC(O)(CC)CNc1cnn(C)c(=O)c1Br. The fraction of sp³-hybridized carbons (Fsp3) is 0.636. The lowest BCUT2D eigenvalue weighted by Crippen LogP contribution is -2.36. The third-order valence-electron chi connectivity index (χ3n) is 3.00. The highest BCUT2D eigenvalue weighted by molar-refractivity contribution is 9.10. The number of halogens is 1. The minimum absolute atomic E-state index is 0.202. The van der Waals surface area contributed by atoms with E-state index in [0.717, 1.165) is 0 Å². The molecule has 1 aromatic heterocycles. The molecule has 0 radical (unpaired) electrons. The van der Waals surface area contributed by atoms with Crippen LogP contribution in [0.25, 0.3) is 0 Å². The second kappa shape index (κ2) is 5.64. The molecule has 6 heteroatoms. The number of aryl methyl sites for hydroxylation is 1. The lowest BCUT2D eigenvalue weighted by molar-refractivity contribution is 0.0457. The Morgan fingerprint density at radius 1 is 1.53 bits per heavy atom. The summed E-state index contributed by atoms with van der Waals surface area (Å²) in [5, 5.41) is 17.1. The molecule has 17 heavy (non-hydrogen) atoms. The number of nitrogens with one attached hydrogen (secondary N) is 1. The molecule has 0 aliphatic heterocycles. The largest absolute Gasteiger partial charge is 0.388 e. The Bertz CT molecular complexity index is 441. The number of nitrogens with zero attached hydrogens (tertiary/aromatic N) is 2. The van der Waals surface area contributed by atoms with E-state index >= 15 is 0 Å². The van der Waals surface area contributed by atoms with Crippen LogP contribution in [0.1, 0.15) is 26.7 Å². The predicted molar refractivity (Wildman–Crippen MR) is 71.2 cm³/mol. The van der Waals surface area contributed by atoms with Gasteiger partial charge in [-0.05, 0) is 28.8 Å². The molecule has 0 fully saturated rings. The van der Waals surface area contributed by atoms with Crippen molar-refractivity contribution in [1.82, 2.24) is 9.78 Å². The Balaban J connectivity index is 2.84. The normalized spacial score (nSPS) is 11.6. The minimum Gasteiger partial charge on any atom is -0.388 e. The highest BCUT2D eigenvalue weighted by Crippen LogP contribution is 2.19. The van der Waals surface area contributed by atoms with Crippen LogP contribution in [0, 0.1) is 0 Å². The van der Waals surface area contributed by atoms with Crippen molar-refractivity contribution in [1.29, 1.82) is 0 Å². The summed E-state index contributed by atoms with van der Waals surface area (Å²) in [6, 6.07) is 0. The summed E-state index contributed by atoms with van der Waals surface area (Å²) in [7, 11) is 1.59. The van der Waals surface area contributed by atoms with Gasteiger partial charge in [-0.2, -0.15) is 5.10 Å². The van der Waals surface area contributed by atoms with Crippen LogP contribution >= 0.6 is 15.9 Å². The van der Waals surface area contributed by atoms with E-state index in [1.165, 1.54) is 4.68 Å². The molecule has 1 heterocycles. The average molecular weight is 304 g/mol. The van der Waals surface area contributed by atoms with Crippen LogP contribution in [-0.2, 0) is 7.05 Å². The van der Waals surface area contributed by atoms with Gasteiger partial charge < -0.3 is 10.4 Å². The van der Waals surface area contributed by atoms with E-state index < -0.39 is 5.60 Å². The maximum absolute atomic E-state index is 11.6. The Morgan fingerprint density at radius 3 is 2.65 bits per heavy atom. The second-order valence-corrected chi connectivity index (χ2v) is 4.88. The quantitative estimate of drug-likeness (QED) is 0.865. The van der Waals surface area contributed by atoms with Gasteiger partial charge in [0.05, 0.1) is 17.5 Å². The summed E-state index contributed by atoms with van der Waals surface area (Å²) in [4.78, 5) is 11.6. The molecule has 1 rings (SSSR count). The number of rotatable bonds is 5. The van der Waals surface area contributed by atoms with Crippen LogP contribution in [0.3, 0.4) is 0 Å². The number of aliphatic hydroxyl groups is 1. The molecule has 2 N–H and O–H groups in total. The van der Waals surface area contributed by atoms with Crippen molar-refractivity contribution < 1.29 is 5.11 Å². The van der Waals surface area contributed by atoms with Crippen molar-refractivity contribution >= 4 is 21.6 Å². The fourth-order valence-corrected chi connectivity index (χ4v) is 1.89. The number of hydrogen-bond donors (Lipinski definition) is 2. The van der Waals surface area contributed by atoms with Gasteiger partial charge in [0, 0.05) is 13.6 Å². The van der Waals surface area contributed by atoms with Crippen LogP contribution in [-0.4, -0.2) is 27.0 Å². The van der Waals surface area contributed by atoms with Gasteiger partial charge in [-0.3, -0.25) is 4.79 Å². The Labute approximate surface area is 109 Å². The molecule has 0 aliphatic rings. The van der Waals surface area contributed by atoms with Crippen molar-refractivity contribution in [2.45, 2.75) is 32.3 Å². The lowest BCUT2D eigenvalue weighted by Gasteiger charge is -2.26. The van der Waals surface area contributed by atoms with Gasteiger partial charge in [0.25, 0.3) is 5.56 Å². The summed E-state index contributed by atoms with van der Waals surface area (Å²) in [5.41, 5.74) is -0.347. The first-order chi connectivity index (χ1) is 7.93. The molecule has 96 valence electrons. The van der Waals surface area contributed by atoms with E-state index in [4.69, 9.17) is 0 Å². The smallest absolute Gasteiger partial charge is 0.282 e. The summed E-state index contributed by atoms with van der Waals surface area (Å²) < 4.78 is 1.69. The maximum atomic E-state index is 11.6. The molecule has 1 aromatic rings. The van der Waals surface area contributed by atoms with Crippen molar-refractivity contribution in [3.8, 4) is 0 Å². The lowest BCUT2D eigenvalue weighted by atomic mass is 9.97. The zero-order chi connectivity index (χ0) is 13.1. The topological polar surface area (TPSA) is 67.2 Å². The summed E-state index contributed by atoms with van der Waals surface area (Å²) in [6.45, 7) is 4.26. The first-order valence-corrected chi connectivity index (χ1v) is 6.41.